The Hall–Kier alpha value is -1.60. The van der Waals surface area contributed by atoms with Crippen LogP contribution in [-0.2, 0) is 10.9 Å². The molecule has 2 rings (SSSR count). The van der Waals surface area contributed by atoms with E-state index in [0.29, 0.717) is 6.54 Å². The van der Waals surface area contributed by atoms with Crippen molar-refractivity contribution in [2.24, 2.45) is 0 Å². The highest BCUT2D eigenvalue weighted by Crippen LogP contribution is 2.31. The van der Waals surface area contributed by atoms with E-state index in [1.165, 1.54) is 18.2 Å². The minimum absolute atomic E-state index is 0.326. The Bertz CT molecular complexity index is 514. The van der Waals surface area contributed by atoms with E-state index >= 15 is 0 Å². The number of hydrogen-bond acceptors (Lipinski definition) is 3. The molecule has 1 aliphatic heterocycles. The summed E-state index contributed by atoms with van der Waals surface area (Å²) in [6.07, 6.45) is -2.90. The van der Waals surface area contributed by atoms with E-state index < -0.39 is 17.6 Å². The summed E-state index contributed by atoms with van der Waals surface area (Å²) in [7, 11) is 0. The highest BCUT2D eigenvalue weighted by molar-refractivity contribution is 5.95. The molecule has 4 nitrogen and oxygen atoms in total. The van der Waals surface area contributed by atoms with Gasteiger partial charge in [-0.15, -0.1) is 0 Å². The van der Waals surface area contributed by atoms with Crippen LogP contribution in [0.2, 0.25) is 0 Å². The van der Waals surface area contributed by atoms with E-state index in [0.717, 1.165) is 51.8 Å². The summed E-state index contributed by atoms with van der Waals surface area (Å²) in [5.41, 5.74) is -1.22. The zero-order valence-electron chi connectivity index (χ0n) is 12.9. The summed E-state index contributed by atoms with van der Waals surface area (Å²) in [4.78, 5) is 14.2. The Kier molecular flexibility index (Phi) is 6.41. The van der Waals surface area contributed by atoms with Gasteiger partial charge in [0.05, 0.1) is 24.3 Å². The van der Waals surface area contributed by atoms with E-state index in [1.54, 1.807) is 0 Å². The van der Waals surface area contributed by atoms with Crippen LogP contribution in [0.5, 0.6) is 0 Å². The molecular formula is C16H21F3N2O2. The lowest BCUT2D eigenvalue weighted by molar-refractivity contribution is -0.137. The molecule has 1 N–H and O–H groups in total. The van der Waals surface area contributed by atoms with Crippen molar-refractivity contribution in [3.05, 3.63) is 35.4 Å². The maximum atomic E-state index is 12.9. The predicted octanol–water partition coefficient (Wildman–Crippen LogP) is 2.55. The fraction of sp³-hybridized carbons (Fsp3) is 0.562. The molecule has 0 aromatic heterocycles. The number of ether oxygens (including phenoxy) is 1. The van der Waals surface area contributed by atoms with Crippen LogP contribution in [0.1, 0.15) is 28.8 Å². The quantitative estimate of drug-likeness (QED) is 0.815. The first kappa shape index (κ1) is 17.7. The Balaban J connectivity index is 1.75. The van der Waals surface area contributed by atoms with Crippen molar-refractivity contribution in [2.75, 3.05) is 39.4 Å². The molecule has 0 spiro atoms. The summed E-state index contributed by atoms with van der Waals surface area (Å²) >= 11 is 0. The van der Waals surface area contributed by atoms with Gasteiger partial charge in [-0.05, 0) is 31.5 Å². The highest BCUT2D eigenvalue weighted by atomic mass is 19.4. The number of rotatable bonds is 6. The first-order chi connectivity index (χ1) is 11.0. The predicted molar refractivity (Wildman–Crippen MR) is 80.3 cm³/mol. The monoisotopic (exact) mass is 330 g/mol. The van der Waals surface area contributed by atoms with E-state index in [2.05, 4.69) is 10.2 Å². The minimum Gasteiger partial charge on any atom is -0.379 e. The van der Waals surface area contributed by atoms with Gasteiger partial charge in [-0.2, -0.15) is 13.2 Å². The number of morpholine rings is 1. The van der Waals surface area contributed by atoms with E-state index in [-0.39, 0.29) is 5.56 Å². The van der Waals surface area contributed by atoms with Crippen molar-refractivity contribution in [2.45, 2.75) is 19.0 Å². The van der Waals surface area contributed by atoms with Crippen molar-refractivity contribution in [1.29, 1.82) is 0 Å². The third-order valence-electron chi connectivity index (χ3n) is 3.77. The first-order valence-electron chi connectivity index (χ1n) is 7.73. The number of alkyl halides is 3. The fourth-order valence-corrected chi connectivity index (χ4v) is 2.51. The molecule has 23 heavy (non-hydrogen) atoms. The largest absolute Gasteiger partial charge is 0.417 e. The molecule has 7 heteroatoms. The molecule has 0 atom stereocenters. The van der Waals surface area contributed by atoms with Gasteiger partial charge < -0.3 is 10.1 Å². The third-order valence-corrected chi connectivity index (χ3v) is 3.77. The van der Waals surface area contributed by atoms with Gasteiger partial charge in [-0.3, -0.25) is 9.69 Å². The Labute approximate surface area is 133 Å². The van der Waals surface area contributed by atoms with Gasteiger partial charge in [0, 0.05) is 19.6 Å². The number of carbonyl (C=O) groups excluding carboxylic acids is 1. The van der Waals surface area contributed by atoms with Crippen LogP contribution in [0.4, 0.5) is 13.2 Å². The molecule has 0 radical (unpaired) electrons. The Morgan fingerprint density at radius 2 is 1.87 bits per heavy atom. The molecule has 1 aliphatic rings. The second kappa shape index (κ2) is 8.31. The SMILES string of the molecule is O=C(NCCCCN1CCOCC1)c1ccccc1C(F)(F)F. The van der Waals surface area contributed by atoms with Crippen molar-refractivity contribution >= 4 is 5.91 Å². The summed E-state index contributed by atoms with van der Waals surface area (Å²) < 4.78 is 43.8. The maximum absolute atomic E-state index is 12.9. The topological polar surface area (TPSA) is 41.6 Å². The third kappa shape index (κ3) is 5.51. The van der Waals surface area contributed by atoms with Crippen molar-refractivity contribution < 1.29 is 22.7 Å². The molecule has 1 aromatic carbocycles. The molecule has 0 aliphatic carbocycles. The number of benzene rings is 1. The van der Waals surface area contributed by atoms with Gasteiger partial charge in [-0.25, -0.2) is 0 Å². The number of halogens is 3. The van der Waals surface area contributed by atoms with Crippen LogP contribution in [0.3, 0.4) is 0 Å². The first-order valence-corrected chi connectivity index (χ1v) is 7.73. The second-order valence-electron chi connectivity index (χ2n) is 5.46. The molecule has 1 saturated heterocycles. The summed E-state index contributed by atoms with van der Waals surface area (Å²) in [5.74, 6) is -0.677. The number of nitrogens with one attached hydrogen (secondary N) is 1. The molecule has 0 unspecified atom stereocenters. The molecule has 1 heterocycles. The molecule has 0 bridgehead atoms. The lowest BCUT2D eigenvalue weighted by Gasteiger charge is -2.26. The Morgan fingerprint density at radius 3 is 2.57 bits per heavy atom. The fourth-order valence-electron chi connectivity index (χ4n) is 2.51. The number of hydrogen-bond donors (Lipinski definition) is 1. The lowest BCUT2D eigenvalue weighted by atomic mass is 10.1. The average molecular weight is 330 g/mol. The van der Waals surface area contributed by atoms with Gasteiger partial charge >= 0.3 is 6.18 Å². The Morgan fingerprint density at radius 1 is 1.17 bits per heavy atom. The smallest absolute Gasteiger partial charge is 0.379 e. The van der Waals surface area contributed by atoms with Gasteiger partial charge in [0.1, 0.15) is 0 Å². The molecule has 1 amide bonds. The summed E-state index contributed by atoms with van der Waals surface area (Å²) in [5, 5.41) is 2.57. The standard InChI is InChI=1S/C16H21F3N2O2/c17-16(18,19)14-6-2-1-5-13(14)15(22)20-7-3-4-8-21-9-11-23-12-10-21/h1-2,5-6H,3-4,7-12H2,(H,20,22). The van der Waals surface area contributed by atoms with Crippen LogP contribution < -0.4 is 5.32 Å². The average Bonchev–Trinajstić information content (AvgIpc) is 2.54. The zero-order chi connectivity index (χ0) is 16.7. The second-order valence-corrected chi connectivity index (χ2v) is 5.46. The lowest BCUT2D eigenvalue weighted by Crippen LogP contribution is -2.37. The molecule has 1 fully saturated rings. The molecule has 1 aromatic rings. The van der Waals surface area contributed by atoms with Crippen molar-refractivity contribution in [3.8, 4) is 0 Å². The van der Waals surface area contributed by atoms with Crippen LogP contribution in [0, 0.1) is 0 Å². The molecule has 128 valence electrons. The van der Waals surface area contributed by atoms with E-state index in [4.69, 9.17) is 4.74 Å². The molecular weight excluding hydrogens is 309 g/mol. The number of carbonyl (C=O) groups is 1. The van der Waals surface area contributed by atoms with E-state index in [1.807, 2.05) is 0 Å². The number of unbranched alkanes of at least 4 members (excludes halogenated alkanes) is 1. The van der Waals surface area contributed by atoms with Gasteiger partial charge in [0.25, 0.3) is 5.91 Å². The summed E-state index contributed by atoms with van der Waals surface area (Å²) in [6, 6.07) is 4.84. The van der Waals surface area contributed by atoms with Gasteiger partial charge in [-0.1, -0.05) is 12.1 Å². The van der Waals surface area contributed by atoms with Crippen molar-refractivity contribution in [3.63, 3.8) is 0 Å². The summed E-state index contributed by atoms with van der Waals surface area (Å²) in [6.45, 7) is 4.58. The maximum Gasteiger partial charge on any atom is 0.417 e. The van der Waals surface area contributed by atoms with Crippen LogP contribution in [0.25, 0.3) is 0 Å². The van der Waals surface area contributed by atoms with Crippen molar-refractivity contribution in [1.82, 2.24) is 10.2 Å². The van der Waals surface area contributed by atoms with Crippen LogP contribution in [-0.4, -0.2) is 50.2 Å². The van der Waals surface area contributed by atoms with Gasteiger partial charge in [0.15, 0.2) is 0 Å². The zero-order valence-corrected chi connectivity index (χ0v) is 12.9. The normalized spacial score (nSPS) is 16.3. The number of amides is 1. The van der Waals surface area contributed by atoms with Gasteiger partial charge in [0.2, 0.25) is 0 Å². The van der Waals surface area contributed by atoms with E-state index in [9.17, 15) is 18.0 Å². The number of nitrogens with zero attached hydrogens (tertiary/aromatic N) is 1. The highest BCUT2D eigenvalue weighted by Gasteiger charge is 2.34. The minimum atomic E-state index is -4.52. The van der Waals surface area contributed by atoms with Crippen LogP contribution in [0.15, 0.2) is 24.3 Å². The van der Waals surface area contributed by atoms with Crippen LogP contribution >= 0.6 is 0 Å². The molecule has 0 saturated carbocycles.